The lowest BCUT2D eigenvalue weighted by molar-refractivity contribution is -0.137. The number of hydrogen-bond donors (Lipinski definition) is 1. The number of nitrogens with zero attached hydrogens (tertiary/aromatic N) is 1. The van der Waals surface area contributed by atoms with Gasteiger partial charge in [-0.1, -0.05) is 41.9 Å². The number of hydrogen-bond acceptors (Lipinski definition) is 4. The maximum absolute atomic E-state index is 13.5. The van der Waals surface area contributed by atoms with Crippen LogP contribution in [-0.2, 0) is 27.5 Å². The molecule has 0 saturated carbocycles. The van der Waals surface area contributed by atoms with Crippen LogP contribution in [0.15, 0.2) is 71.6 Å². The van der Waals surface area contributed by atoms with Gasteiger partial charge in [0.2, 0.25) is 15.9 Å². The third-order valence-corrected chi connectivity index (χ3v) is 7.21. The normalized spacial score (nSPS) is 12.0. The summed E-state index contributed by atoms with van der Waals surface area (Å²) < 4.78 is 72.2. The van der Waals surface area contributed by atoms with Crippen LogP contribution in [0.3, 0.4) is 0 Å². The van der Waals surface area contributed by atoms with E-state index in [4.69, 9.17) is 16.3 Å². The van der Waals surface area contributed by atoms with Crippen LogP contribution in [0.1, 0.15) is 16.7 Å². The van der Waals surface area contributed by atoms with Gasteiger partial charge in [-0.25, -0.2) is 8.42 Å². The van der Waals surface area contributed by atoms with Crippen molar-refractivity contribution in [3.63, 3.8) is 0 Å². The van der Waals surface area contributed by atoms with E-state index in [9.17, 15) is 26.4 Å². The highest BCUT2D eigenvalue weighted by molar-refractivity contribution is 7.89. The predicted octanol–water partition coefficient (Wildman–Crippen LogP) is 5.51. The van der Waals surface area contributed by atoms with Crippen LogP contribution in [0.25, 0.3) is 0 Å². The van der Waals surface area contributed by atoms with Crippen LogP contribution >= 0.6 is 11.6 Å². The zero-order valence-corrected chi connectivity index (χ0v) is 20.3. The van der Waals surface area contributed by atoms with Crippen LogP contribution in [0, 0.1) is 6.92 Å². The highest BCUT2D eigenvalue weighted by atomic mass is 35.5. The summed E-state index contributed by atoms with van der Waals surface area (Å²) in [5, 5.41) is 2.18. The summed E-state index contributed by atoms with van der Waals surface area (Å²) in [6.45, 7) is 0.884. The van der Waals surface area contributed by atoms with Gasteiger partial charge in [0, 0.05) is 6.54 Å². The van der Waals surface area contributed by atoms with E-state index in [0.717, 1.165) is 16.4 Å². The molecule has 0 atom stereocenters. The minimum Gasteiger partial charge on any atom is -0.496 e. The molecule has 0 aromatic heterocycles. The molecule has 0 bridgehead atoms. The van der Waals surface area contributed by atoms with Gasteiger partial charge in [0.15, 0.2) is 0 Å². The quantitative estimate of drug-likeness (QED) is 0.420. The molecule has 0 saturated heterocycles. The Kier molecular flexibility index (Phi) is 8.09. The molecule has 3 rings (SSSR count). The SMILES string of the molecule is COc1ccc(S(=O)(=O)N(CC(=O)Nc2cc(C(F)(F)F)ccc2Cl)Cc2ccccc2)cc1C. The van der Waals surface area contributed by atoms with Gasteiger partial charge >= 0.3 is 6.18 Å². The van der Waals surface area contributed by atoms with Gasteiger partial charge in [-0.3, -0.25) is 4.79 Å². The molecule has 0 heterocycles. The number of rotatable bonds is 8. The van der Waals surface area contributed by atoms with Gasteiger partial charge in [0.1, 0.15) is 5.75 Å². The lowest BCUT2D eigenvalue weighted by atomic mass is 10.2. The van der Waals surface area contributed by atoms with Crippen molar-refractivity contribution in [2.75, 3.05) is 19.0 Å². The molecule has 0 spiro atoms. The summed E-state index contributed by atoms with van der Waals surface area (Å²) in [5.74, 6) is -0.355. The van der Waals surface area contributed by atoms with E-state index in [2.05, 4.69) is 5.32 Å². The van der Waals surface area contributed by atoms with Crippen molar-refractivity contribution in [3.05, 3.63) is 88.4 Å². The zero-order chi connectivity index (χ0) is 25.8. The Hall–Kier alpha value is -3.08. The standard InChI is InChI=1S/C24H22ClF3N2O4S/c1-16-12-19(9-11-22(16)34-2)35(32,33)30(14-17-6-4-3-5-7-17)15-23(31)29-21-13-18(24(26,27)28)8-10-20(21)25/h3-13H,14-15H2,1-2H3,(H,29,31). The maximum atomic E-state index is 13.5. The second-order valence-corrected chi connectivity index (χ2v) is 9.98. The van der Waals surface area contributed by atoms with Crippen molar-refractivity contribution in [2.45, 2.75) is 24.5 Å². The van der Waals surface area contributed by atoms with Crippen LogP contribution in [0.4, 0.5) is 18.9 Å². The molecule has 35 heavy (non-hydrogen) atoms. The lowest BCUT2D eigenvalue weighted by Crippen LogP contribution is -2.37. The Morgan fingerprint density at radius 2 is 1.74 bits per heavy atom. The fourth-order valence-corrected chi connectivity index (χ4v) is 4.96. The number of methoxy groups -OCH3 is 1. The van der Waals surface area contributed by atoms with Crippen molar-refractivity contribution >= 4 is 33.2 Å². The van der Waals surface area contributed by atoms with Gasteiger partial charge in [-0.05, 0) is 54.4 Å². The van der Waals surface area contributed by atoms with Gasteiger partial charge in [0.25, 0.3) is 0 Å². The van der Waals surface area contributed by atoms with E-state index >= 15 is 0 Å². The average Bonchev–Trinajstić information content (AvgIpc) is 2.80. The van der Waals surface area contributed by atoms with Crippen molar-refractivity contribution in [1.82, 2.24) is 4.31 Å². The minimum atomic E-state index is -4.64. The van der Waals surface area contributed by atoms with Crippen LogP contribution < -0.4 is 10.1 Å². The van der Waals surface area contributed by atoms with Gasteiger partial charge < -0.3 is 10.1 Å². The molecule has 0 aliphatic rings. The first-order valence-corrected chi connectivity index (χ1v) is 12.1. The summed E-state index contributed by atoms with van der Waals surface area (Å²) in [5.41, 5.74) is -0.0804. The summed E-state index contributed by atoms with van der Waals surface area (Å²) in [6.07, 6.45) is -4.64. The fourth-order valence-electron chi connectivity index (χ4n) is 3.32. The average molecular weight is 527 g/mol. The molecule has 1 amide bonds. The number of sulfonamides is 1. The molecule has 0 aliphatic heterocycles. The number of benzene rings is 3. The molecule has 6 nitrogen and oxygen atoms in total. The molecule has 0 unspecified atom stereocenters. The zero-order valence-electron chi connectivity index (χ0n) is 18.8. The molecule has 1 N–H and O–H groups in total. The monoisotopic (exact) mass is 526 g/mol. The molecule has 0 fully saturated rings. The van der Waals surface area contributed by atoms with Crippen molar-refractivity contribution in [3.8, 4) is 5.75 Å². The van der Waals surface area contributed by atoms with Gasteiger partial charge in [-0.15, -0.1) is 0 Å². The van der Waals surface area contributed by atoms with Crippen LogP contribution in [0.5, 0.6) is 5.75 Å². The number of carbonyl (C=O) groups excluding carboxylic acids is 1. The molecule has 3 aromatic carbocycles. The first-order chi connectivity index (χ1) is 16.4. The first kappa shape index (κ1) is 26.5. The number of amides is 1. The molecule has 186 valence electrons. The summed E-state index contributed by atoms with van der Waals surface area (Å²) in [7, 11) is -2.71. The Bertz CT molecular complexity index is 1320. The first-order valence-electron chi connectivity index (χ1n) is 10.3. The Balaban J connectivity index is 1.92. The summed E-state index contributed by atoms with van der Waals surface area (Å²) >= 11 is 5.96. The number of halogens is 4. The van der Waals surface area contributed by atoms with Crippen LogP contribution in [-0.4, -0.2) is 32.3 Å². The van der Waals surface area contributed by atoms with E-state index < -0.39 is 34.2 Å². The van der Waals surface area contributed by atoms with Crippen LogP contribution in [0.2, 0.25) is 5.02 Å². The molecular formula is C24H22ClF3N2O4S. The number of alkyl halides is 3. The maximum Gasteiger partial charge on any atom is 0.416 e. The van der Waals surface area contributed by atoms with E-state index in [1.165, 1.54) is 25.3 Å². The molecule has 0 aliphatic carbocycles. The van der Waals surface area contributed by atoms with Crippen molar-refractivity contribution < 1.29 is 31.1 Å². The number of anilines is 1. The molecule has 3 aromatic rings. The van der Waals surface area contributed by atoms with Crippen molar-refractivity contribution in [2.24, 2.45) is 0 Å². The molecular weight excluding hydrogens is 505 g/mol. The van der Waals surface area contributed by atoms with Gasteiger partial charge in [-0.2, -0.15) is 17.5 Å². The molecule has 11 heteroatoms. The van der Waals surface area contributed by atoms with E-state index in [-0.39, 0.29) is 22.2 Å². The van der Waals surface area contributed by atoms with Crippen molar-refractivity contribution in [1.29, 1.82) is 0 Å². The summed E-state index contributed by atoms with van der Waals surface area (Å²) in [4.78, 5) is 12.7. The fraction of sp³-hybridized carbons (Fsp3) is 0.208. The van der Waals surface area contributed by atoms with Gasteiger partial charge in [0.05, 0.1) is 34.8 Å². The van der Waals surface area contributed by atoms with E-state index in [1.54, 1.807) is 37.3 Å². The Morgan fingerprint density at radius 1 is 1.06 bits per heavy atom. The highest BCUT2D eigenvalue weighted by Crippen LogP contribution is 2.34. The number of aryl methyl sites for hydroxylation is 1. The Morgan fingerprint density at radius 3 is 2.34 bits per heavy atom. The largest absolute Gasteiger partial charge is 0.496 e. The van der Waals surface area contributed by atoms with E-state index in [1.807, 2.05) is 0 Å². The third-order valence-electron chi connectivity index (χ3n) is 5.09. The second kappa shape index (κ2) is 10.7. The topological polar surface area (TPSA) is 75.7 Å². The van der Waals surface area contributed by atoms with E-state index in [0.29, 0.717) is 22.9 Å². The minimum absolute atomic E-state index is 0.0587. The molecule has 0 radical (unpaired) electrons. The number of carbonyl (C=O) groups is 1. The second-order valence-electron chi connectivity index (χ2n) is 7.63. The number of ether oxygens (including phenoxy) is 1. The highest BCUT2D eigenvalue weighted by Gasteiger charge is 2.32. The predicted molar refractivity (Wildman–Crippen MR) is 127 cm³/mol. The Labute approximate surface area is 206 Å². The lowest BCUT2D eigenvalue weighted by Gasteiger charge is -2.23. The number of nitrogens with one attached hydrogen (secondary N) is 1. The third kappa shape index (κ3) is 6.53. The smallest absolute Gasteiger partial charge is 0.416 e. The summed E-state index contributed by atoms with van der Waals surface area (Å²) in [6, 6.07) is 15.4.